The van der Waals surface area contributed by atoms with Crippen molar-refractivity contribution in [3.8, 4) is 11.5 Å². The van der Waals surface area contributed by atoms with E-state index in [2.05, 4.69) is 21.2 Å². The van der Waals surface area contributed by atoms with Crippen LogP contribution in [0, 0.1) is 0 Å². The minimum absolute atomic E-state index is 0.153. The summed E-state index contributed by atoms with van der Waals surface area (Å²) in [5.41, 5.74) is 5.81. The van der Waals surface area contributed by atoms with E-state index in [9.17, 15) is 4.79 Å². The van der Waals surface area contributed by atoms with Gasteiger partial charge in [-0.05, 0) is 28.8 Å². The normalized spacial score (nSPS) is 19.2. The van der Waals surface area contributed by atoms with E-state index in [0.717, 1.165) is 17.3 Å². The number of nitrogens with one attached hydrogen (secondary N) is 1. The second kappa shape index (κ2) is 4.13. The second-order valence-electron chi connectivity index (χ2n) is 4.59. The van der Waals surface area contributed by atoms with E-state index in [0.29, 0.717) is 30.4 Å². The van der Waals surface area contributed by atoms with Crippen LogP contribution in [0.1, 0.15) is 12.8 Å². The van der Waals surface area contributed by atoms with Crippen LogP contribution in [0.4, 0.5) is 5.69 Å². The summed E-state index contributed by atoms with van der Waals surface area (Å²) in [5.74, 6) is 1.17. The van der Waals surface area contributed by atoms with Gasteiger partial charge in [0.2, 0.25) is 5.91 Å². The lowest BCUT2D eigenvalue weighted by Gasteiger charge is -2.20. The van der Waals surface area contributed by atoms with Crippen molar-refractivity contribution < 1.29 is 14.3 Å². The number of carbonyl (C=O) groups excluding carboxylic acids is 1. The zero-order valence-corrected chi connectivity index (χ0v) is 11.2. The summed E-state index contributed by atoms with van der Waals surface area (Å²) in [4.78, 5) is 11.9. The van der Waals surface area contributed by atoms with Gasteiger partial charge in [0.05, 0.1) is 11.2 Å². The number of fused-ring (bicyclic) bond motifs is 1. The van der Waals surface area contributed by atoms with Gasteiger partial charge in [-0.1, -0.05) is 0 Å². The van der Waals surface area contributed by atoms with Crippen molar-refractivity contribution in [1.82, 2.24) is 0 Å². The van der Waals surface area contributed by atoms with E-state index in [-0.39, 0.29) is 5.91 Å². The fraction of sp³-hybridized carbons (Fsp3) is 0.417. The number of carbonyl (C=O) groups is 1. The zero-order chi connectivity index (χ0) is 12.8. The maximum absolute atomic E-state index is 11.9. The summed E-state index contributed by atoms with van der Waals surface area (Å²) in [5, 5.41) is 2.82. The highest BCUT2D eigenvalue weighted by Crippen LogP contribution is 2.39. The summed E-state index contributed by atoms with van der Waals surface area (Å²) < 4.78 is 11.7. The molecule has 2 aliphatic rings. The van der Waals surface area contributed by atoms with Crippen molar-refractivity contribution in [2.45, 2.75) is 18.4 Å². The van der Waals surface area contributed by atoms with Crippen LogP contribution in [0.3, 0.4) is 0 Å². The second-order valence-corrected chi connectivity index (χ2v) is 5.44. The van der Waals surface area contributed by atoms with Crippen molar-refractivity contribution in [3.63, 3.8) is 0 Å². The summed E-state index contributed by atoms with van der Waals surface area (Å²) in [7, 11) is 0. The van der Waals surface area contributed by atoms with Crippen LogP contribution < -0.4 is 20.5 Å². The number of nitrogens with two attached hydrogens (primary N) is 1. The molecule has 1 amide bonds. The number of hydrogen-bond acceptors (Lipinski definition) is 4. The predicted molar refractivity (Wildman–Crippen MR) is 69.9 cm³/mol. The lowest BCUT2D eigenvalue weighted by Crippen LogP contribution is -2.37. The standard InChI is InChI=1S/C12H13BrN2O3/c13-7-5-9-10(18-4-3-17-9)6-8(7)15-11(16)12(14)1-2-12/h5-6H,1-4,14H2,(H,15,16). The Kier molecular flexibility index (Phi) is 2.71. The predicted octanol–water partition coefficient (Wildman–Crippen LogP) is 1.65. The number of rotatable bonds is 2. The summed E-state index contributed by atoms with van der Waals surface area (Å²) in [6.07, 6.45) is 1.47. The van der Waals surface area contributed by atoms with Crippen LogP contribution in [-0.4, -0.2) is 24.7 Å². The molecule has 0 bridgehead atoms. The lowest BCUT2D eigenvalue weighted by molar-refractivity contribution is -0.118. The van der Waals surface area contributed by atoms with E-state index < -0.39 is 5.54 Å². The highest BCUT2D eigenvalue weighted by molar-refractivity contribution is 9.10. The summed E-state index contributed by atoms with van der Waals surface area (Å²) in [6, 6.07) is 3.54. The molecule has 1 heterocycles. The van der Waals surface area contributed by atoms with Crippen molar-refractivity contribution >= 4 is 27.5 Å². The van der Waals surface area contributed by atoms with Crippen molar-refractivity contribution in [3.05, 3.63) is 16.6 Å². The number of halogens is 1. The van der Waals surface area contributed by atoms with E-state index in [1.165, 1.54) is 0 Å². The van der Waals surface area contributed by atoms with Crippen LogP contribution in [0.25, 0.3) is 0 Å². The first kappa shape index (κ1) is 11.8. The fourth-order valence-electron chi connectivity index (χ4n) is 1.77. The topological polar surface area (TPSA) is 73.6 Å². The first-order valence-corrected chi connectivity index (χ1v) is 6.57. The number of benzene rings is 1. The Labute approximate surface area is 113 Å². The van der Waals surface area contributed by atoms with Gasteiger partial charge in [0.25, 0.3) is 0 Å². The number of amides is 1. The first-order chi connectivity index (χ1) is 8.58. The van der Waals surface area contributed by atoms with Crippen molar-refractivity contribution in [2.75, 3.05) is 18.5 Å². The van der Waals surface area contributed by atoms with Gasteiger partial charge in [-0.3, -0.25) is 4.79 Å². The van der Waals surface area contributed by atoms with Gasteiger partial charge in [-0.15, -0.1) is 0 Å². The zero-order valence-electron chi connectivity index (χ0n) is 9.66. The largest absolute Gasteiger partial charge is 0.486 e. The van der Waals surface area contributed by atoms with Gasteiger partial charge < -0.3 is 20.5 Å². The van der Waals surface area contributed by atoms with Gasteiger partial charge >= 0.3 is 0 Å². The van der Waals surface area contributed by atoms with Crippen LogP contribution in [0.15, 0.2) is 16.6 Å². The molecular formula is C12H13BrN2O3. The van der Waals surface area contributed by atoms with E-state index in [1.54, 1.807) is 12.1 Å². The minimum atomic E-state index is -0.688. The third-order valence-electron chi connectivity index (χ3n) is 3.12. The number of anilines is 1. The quantitative estimate of drug-likeness (QED) is 0.871. The van der Waals surface area contributed by atoms with E-state index >= 15 is 0 Å². The van der Waals surface area contributed by atoms with Crippen LogP contribution in [0.2, 0.25) is 0 Å². The van der Waals surface area contributed by atoms with E-state index in [4.69, 9.17) is 15.2 Å². The molecule has 0 aromatic heterocycles. The molecule has 1 aromatic carbocycles. The Balaban J connectivity index is 1.85. The molecule has 5 nitrogen and oxygen atoms in total. The molecule has 1 aromatic rings. The molecule has 3 N–H and O–H groups in total. The minimum Gasteiger partial charge on any atom is -0.486 e. The first-order valence-electron chi connectivity index (χ1n) is 5.78. The Bertz CT molecular complexity index is 514. The molecule has 1 saturated carbocycles. The Hall–Kier alpha value is -1.27. The monoisotopic (exact) mass is 312 g/mol. The smallest absolute Gasteiger partial charge is 0.244 e. The fourth-order valence-corrected chi connectivity index (χ4v) is 2.19. The molecule has 0 radical (unpaired) electrons. The molecule has 1 fully saturated rings. The third kappa shape index (κ3) is 2.06. The Morgan fingerprint density at radius 2 is 1.89 bits per heavy atom. The average molecular weight is 313 g/mol. The molecule has 0 saturated heterocycles. The molecule has 1 aliphatic heterocycles. The summed E-state index contributed by atoms with van der Waals surface area (Å²) in [6.45, 7) is 1.06. The van der Waals surface area contributed by atoms with Gasteiger partial charge in [0, 0.05) is 16.6 Å². The SMILES string of the molecule is NC1(C(=O)Nc2cc3c(cc2Br)OCCO3)CC1. The van der Waals surface area contributed by atoms with Crippen LogP contribution in [0.5, 0.6) is 11.5 Å². The van der Waals surface area contributed by atoms with Gasteiger partial charge in [0.1, 0.15) is 13.2 Å². The van der Waals surface area contributed by atoms with Crippen molar-refractivity contribution in [1.29, 1.82) is 0 Å². The Morgan fingerprint density at radius 3 is 2.50 bits per heavy atom. The Morgan fingerprint density at radius 1 is 1.28 bits per heavy atom. The summed E-state index contributed by atoms with van der Waals surface area (Å²) >= 11 is 3.40. The highest BCUT2D eigenvalue weighted by Gasteiger charge is 2.46. The highest BCUT2D eigenvalue weighted by atomic mass is 79.9. The maximum atomic E-state index is 11.9. The van der Waals surface area contributed by atoms with Crippen LogP contribution >= 0.6 is 15.9 Å². The van der Waals surface area contributed by atoms with E-state index in [1.807, 2.05) is 0 Å². The molecule has 3 rings (SSSR count). The van der Waals surface area contributed by atoms with Gasteiger partial charge in [-0.25, -0.2) is 0 Å². The molecule has 96 valence electrons. The molecule has 1 aliphatic carbocycles. The van der Waals surface area contributed by atoms with Gasteiger partial charge in [0.15, 0.2) is 11.5 Å². The third-order valence-corrected chi connectivity index (χ3v) is 3.78. The number of hydrogen-bond donors (Lipinski definition) is 2. The molecule has 6 heteroatoms. The molecule has 0 unspecified atom stereocenters. The van der Waals surface area contributed by atoms with Crippen LogP contribution in [-0.2, 0) is 4.79 Å². The average Bonchev–Trinajstić information content (AvgIpc) is 3.10. The molecular weight excluding hydrogens is 300 g/mol. The maximum Gasteiger partial charge on any atom is 0.244 e. The number of ether oxygens (including phenoxy) is 2. The molecule has 0 spiro atoms. The lowest BCUT2D eigenvalue weighted by atomic mass is 10.2. The molecule has 18 heavy (non-hydrogen) atoms. The molecule has 0 atom stereocenters. The van der Waals surface area contributed by atoms with Crippen molar-refractivity contribution in [2.24, 2.45) is 5.73 Å². The van der Waals surface area contributed by atoms with Gasteiger partial charge in [-0.2, -0.15) is 0 Å².